The van der Waals surface area contributed by atoms with Gasteiger partial charge < -0.3 is 29.2 Å². The quantitative estimate of drug-likeness (QED) is 0.194. The highest BCUT2D eigenvalue weighted by atomic mass is 16.6. The Morgan fingerprint density at radius 1 is 0.895 bits per heavy atom. The van der Waals surface area contributed by atoms with E-state index in [1.165, 1.54) is 0 Å². The Balaban J connectivity index is 3.04. The van der Waals surface area contributed by atoms with Crippen LogP contribution in [0.1, 0.15) is 0 Å². The molecule has 0 aromatic heterocycles. The summed E-state index contributed by atoms with van der Waals surface area (Å²) in [6, 6.07) is 0. The minimum Gasteiger partial charge on any atom is -0.394 e. The van der Waals surface area contributed by atoms with Crippen LogP contribution in [0.5, 0.6) is 0 Å². The van der Waals surface area contributed by atoms with Gasteiger partial charge in [-0.15, -0.1) is 0 Å². The second kappa shape index (κ2) is 15.1. The standard InChI is InChI=1S/C10H21N3O6/c11-13-12-10(15)9-19-8-7-18-6-5-17-4-3-16-2-1-14/h10,14-15H,1-9H2. The molecule has 2 N–H and O–H groups in total. The van der Waals surface area contributed by atoms with Gasteiger partial charge in [0.05, 0.1) is 59.5 Å². The predicted octanol–water partition coefficient (Wildman–Crippen LogP) is -0.326. The summed E-state index contributed by atoms with van der Waals surface area (Å²) >= 11 is 0. The molecule has 0 aliphatic heterocycles. The molecule has 0 bridgehead atoms. The predicted molar refractivity (Wildman–Crippen MR) is 65.5 cm³/mol. The minimum absolute atomic E-state index is 0.0114. The lowest BCUT2D eigenvalue weighted by molar-refractivity contribution is -0.0174. The zero-order valence-electron chi connectivity index (χ0n) is 10.8. The molecule has 19 heavy (non-hydrogen) atoms. The molecule has 9 heteroatoms. The number of ether oxygens (including phenoxy) is 4. The molecule has 0 saturated carbocycles. The average molecular weight is 279 g/mol. The van der Waals surface area contributed by atoms with E-state index in [2.05, 4.69) is 10.0 Å². The Bertz CT molecular complexity index is 237. The summed E-state index contributed by atoms with van der Waals surface area (Å²) in [7, 11) is 0. The third kappa shape index (κ3) is 15.0. The van der Waals surface area contributed by atoms with Gasteiger partial charge in [-0.05, 0) is 5.53 Å². The van der Waals surface area contributed by atoms with Gasteiger partial charge in [-0.1, -0.05) is 5.11 Å². The van der Waals surface area contributed by atoms with Crippen molar-refractivity contribution in [2.45, 2.75) is 6.23 Å². The maximum atomic E-state index is 8.98. The lowest BCUT2D eigenvalue weighted by Crippen LogP contribution is -2.16. The molecule has 0 amide bonds. The van der Waals surface area contributed by atoms with Gasteiger partial charge in [-0.2, -0.15) is 0 Å². The monoisotopic (exact) mass is 279 g/mol. The molecule has 0 radical (unpaired) electrons. The van der Waals surface area contributed by atoms with E-state index in [0.29, 0.717) is 46.2 Å². The van der Waals surface area contributed by atoms with E-state index >= 15 is 0 Å². The van der Waals surface area contributed by atoms with Crippen LogP contribution in [0.3, 0.4) is 0 Å². The molecule has 0 aliphatic carbocycles. The highest BCUT2D eigenvalue weighted by Crippen LogP contribution is 1.88. The van der Waals surface area contributed by atoms with Crippen LogP contribution >= 0.6 is 0 Å². The first-order valence-corrected chi connectivity index (χ1v) is 5.95. The van der Waals surface area contributed by atoms with Crippen molar-refractivity contribution in [2.24, 2.45) is 5.11 Å². The molecule has 0 aromatic rings. The van der Waals surface area contributed by atoms with Gasteiger partial charge >= 0.3 is 0 Å². The Kier molecular flexibility index (Phi) is 14.4. The van der Waals surface area contributed by atoms with Crippen LogP contribution in [0.4, 0.5) is 0 Å². The van der Waals surface area contributed by atoms with Gasteiger partial charge in [0.2, 0.25) is 0 Å². The first kappa shape index (κ1) is 18.1. The largest absolute Gasteiger partial charge is 0.394 e. The summed E-state index contributed by atoms with van der Waals surface area (Å²) in [5.74, 6) is 0. The second-order valence-corrected chi connectivity index (χ2v) is 3.32. The number of aliphatic hydroxyl groups excluding tert-OH is 2. The second-order valence-electron chi connectivity index (χ2n) is 3.32. The van der Waals surface area contributed by atoms with Crippen LogP contribution < -0.4 is 0 Å². The van der Waals surface area contributed by atoms with E-state index in [-0.39, 0.29) is 13.2 Å². The van der Waals surface area contributed by atoms with E-state index in [1.807, 2.05) is 0 Å². The van der Waals surface area contributed by atoms with Crippen molar-refractivity contribution < 1.29 is 29.2 Å². The number of rotatable bonds is 14. The van der Waals surface area contributed by atoms with Crippen LogP contribution in [0.15, 0.2) is 5.11 Å². The third-order valence-corrected chi connectivity index (χ3v) is 1.80. The number of hydrogen-bond acceptors (Lipinski definition) is 7. The maximum absolute atomic E-state index is 8.98. The highest BCUT2D eigenvalue weighted by Gasteiger charge is 1.99. The Labute approximate surface area is 111 Å². The van der Waals surface area contributed by atoms with Gasteiger partial charge in [0, 0.05) is 4.91 Å². The lowest BCUT2D eigenvalue weighted by atomic mass is 10.6. The van der Waals surface area contributed by atoms with Crippen molar-refractivity contribution in [1.29, 1.82) is 0 Å². The van der Waals surface area contributed by atoms with Crippen molar-refractivity contribution in [3.05, 3.63) is 10.4 Å². The van der Waals surface area contributed by atoms with E-state index in [1.54, 1.807) is 0 Å². The molecule has 0 heterocycles. The van der Waals surface area contributed by atoms with Gasteiger partial charge in [0.1, 0.15) is 0 Å². The van der Waals surface area contributed by atoms with Crippen LogP contribution in [0, 0.1) is 0 Å². The topological polar surface area (TPSA) is 126 Å². The van der Waals surface area contributed by atoms with Crippen molar-refractivity contribution in [3.8, 4) is 0 Å². The minimum atomic E-state index is -1.16. The zero-order chi connectivity index (χ0) is 14.2. The van der Waals surface area contributed by atoms with Crippen LogP contribution in [-0.2, 0) is 18.9 Å². The van der Waals surface area contributed by atoms with Gasteiger partial charge in [0.25, 0.3) is 0 Å². The molecule has 9 nitrogen and oxygen atoms in total. The lowest BCUT2D eigenvalue weighted by Gasteiger charge is -2.07. The van der Waals surface area contributed by atoms with E-state index in [0.717, 1.165) is 0 Å². The van der Waals surface area contributed by atoms with Crippen molar-refractivity contribution in [2.75, 3.05) is 59.5 Å². The van der Waals surface area contributed by atoms with Gasteiger partial charge in [-0.25, -0.2) is 0 Å². The van der Waals surface area contributed by atoms with Crippen molar-refractivity contribution in [1.82, 2.24) is 0 Å². The molecule has 112 valence electrons. The van der Waals surface area contributed by atoms with Crippen LogP contribution in [0.2, 0.25) is 0 Å². The van der Waals surface area contributed by atoms with Gasteiger partial charge in [0.15, 0.2) is 6.23 Å². The fraction of sp³-hybridized carbons (Fsp3) is 1.00. The van der Waals surface area contributed by atoms with E-state index in [9.17, 15) is 0 Å². The van der Waals surface area contributed by atoms with Crippen LogP contribution in [-0.4, -0.2) is 75.9 Å². The number of azide groups is 1. The Morgan fingerprint density at radius 3 is 1.84 bits per heavy atom. The van der Waals surface area contributed by atoms with Gasteiger partial charge in [-0.3, -0.25) is 0 Å². The molecule has 1 unspecified atom stereocenters. The Hall–Kier alpha value is -0.930. The van der Waals surface area contributed by atoms with E-state index < -0.39 is 6.23 Å². The molecule has 1 atom stereocenters. The zero-order valence-corrected chi connectivity index (χ0v) is 10.8. The third-order valence-electron chi connectivity index (χ3n) is 1.80. The summed E-state index contributed by atoms with van der Waals surface area (Å²) < 4.78 is 20.4. The van der Waals surface area contributed by atoms with Crippen molar-refractivity contribution >= 4 is 0 Å². The Morgan fingerprint density at radius 2 is 1.37 bits per heavy atom. The molecule has 0 spiro atoms. The molecule has 0 saturated heterocycles. The number of nitrogens with zero attached hydrogens (tertiary/aromatic N) is 3. The highest BCUT2D eigenvalue weighted by molar-refractivity contribution is 4.50. The number of hydrogen-bond donors (Lipinski definition) is 2. The van der Waals surface area contributed by atoms with Crippen LogP contribution in [0.25, 0.3) is 10.4 Å². The molecule has 0 rings (SSSR count). The summed E-state index contributed by atoms with van der Waals surface area (Å²) in [4.78, 5) is 2.43. The van der Waals surface area contributed by atoms with E-state index in [4.69, 9.17) is 34.7 Å². The first-order chi connectivity index (χ1) is 9.31. The summed E-state index contributed by atoms with van der Waals surface area (Å²) in [6.07, 6.45) is -1.16. The summed E-state index contributed by atoms with van der Waals surface area (Å²) in [5, 5.41) is 20.5. The molecular weight excluding hydrogens is 258 g/mol. The summed E-state index contributed by atoms with van der Waals surface area (Å²) in [6.45, 7) is 2.73. The molecule has 0 fully saturated rings. The van der Waals surface area contributed by atoms with Crippen molar-refractivity contribution in [3.63, 3.8) is 0 Å². The molecule has 0 aliphatic rings. The normalized spacial score (nSPS) is 12.1. The molecular formula is C10H21N3O6. The SMILES string of the molecule is [N-]=[N+]=NC(O)COCCOCCOCCOCCO. The fourth-order valence-corrected chi connectivity index (χ4v) is 1.01. The molecule has 0 aromatic carbocycles. The number of aliphatic hydroxyl groups is 2. The fourth-order valence-electron chi connectivity index (χ4n) is 1.01. The smallest absolute Gasteiger partial charge is 0.156 e. The average Bonchev–Trinajstić information content (AvgIpc) is 2.40. The maximum Gasteiger partial charge on any atom is 0.156 e. The first-order valence-electron chi connectivity index (χ1n) is 5.95. The summed E-state index contributed by atoms with van der Waals surface area (Å²) in [5.41, 5.74) is 8.01.